The van der Waals surface area contributed by atoms with Crippen LogP contribution in [-0.2, 0) is 0 Å². The lowest BCUT2D eigenvalue weighted by Gasteiger charge is -2.13. The van der Waals surface area contributed by atoms with Gasteiger partial charge in [-0.1, -0.05) is 34.6 Å². The van der Waals surface area contributed by atoms with Gasteiger partial charge >= 0.3 is 0 Å². The summed E-state index contributed by atoms with van der Waals surface area (Å²) < 4.78 is 0. The van der Waals surface area contributed by atoms with Crippen molar-refractivity contribution in [3.63, 3.8) is 0 Å². The van der Waals surface area contributed by atoms with Gasteiger partial charge in [-0.15, -0.1) is 0 Å². The molecule has 0 saturated heterocycles. The summed E-state index contributed by atoms with van der Waals surface area (Å²) in [5.41, 5.74) is 1.92. The van der Waals surface area contributed by atoms with E-state index in [1.807, 2.05) is 0 Å². The van der Waals surface area contributed by atoms with E-state index < -0.39 is 0 Å². The Morgan fingerprint density at radius 1 is 1.05 bits per heavy atom. The van der Waals surface area contributed by atoms with Gasteiger partial charge in [-0.25, -0.2) is 9.97 Å². The highest BCUT2D eigenvalue weighted by atomic mass is 15.1. The van der Waals surface area contributed by atoms with Crippen LogP contribution in [0.1, 0.15) is 46.6 Å². The van der Waals surface area contributed by atoms with Gasteiger partial charge in [0.2, 0.25) is 0 Å². The molecule has 0 amide bonds. The molecule has 1 saturated carbocycles. The predicted octanol–water partition coefficient (Wildman–Crippen LogP) is 3.70. The maximum atomic E-state index is 4.38. The third-order valence-electron chi connectivity index (χ3n) is 5.42. The number of rotatable bonds is 6. The number of nitrogens with one attached hydrogen (secondary N) is 2. The number of nitrogens with zero attached hydrogens (tertiary/aromatic N) is 2. The summed E-state index contributed by atoms with van der Waals surface area (Å²) in [5, 5.41) is 6.86. The first kappa shape index (κ1) is 15.1. The van der Waals surface area contributed by atoms with Crippen molar-refractivity contribution >= 4 is 11.6 Å². The Morgan fingerprint density at radius 2 is 1.60 bits per heavy atom. The lowest BCUT2D eigenvalue weighted by atomic mass is 10.0. The topological polar surface area (TPSA) is 49.8 Å². The van der Waals surface area contributed by atoms with Gasteiger partial charge in [0.25, 0.3) is 0 Å². The first-order chi connectivity index (χ1) is 9.32. The number of hydrogen-bond donors (Lipinski definition) is 2. The molecule has 1 aliphatic rings. The third-order valence-corrected chi connectivity index (χ3v) is 5.42. The lowest BCUT2D eigenvalue weighted by Crippen LogP contribution is -2.12. The zero-order valence-corrected chi connectivity index (χ0v) is 13.7. The number of aromatic nitrogens is 2. The molecule has 112 valence electrons. The second-order valence-electron chi connectivity index (χ2n) is 7.00. The molecule has 1 fully saturated rings. The summed E-state index contributed by atoms with van der Waals surface area (Å²) in [4.78, 5) is 8.69. The predicted molar refractivity (Wildman–Crippen MR) is 85.1 cm³/mol. The van der Waals surface area contributed by atoms with Gasteiger partial charge in [0, 0.05) is 18.7 Å². The molecule has 2 rings (SSSR count). The standard InChI is InChI=1S/C16H28N4/c1-7-8-17-13-11(2)14(20-10-19-13)18-9-12-15(3,4)16(12,5)6/h10,12H,7-9H2,1-6H3,(H2,17,18,19,20). The van der Waals surface area contributed by atoms with Gasteiger partial charge in [0.05, 0.1) is 0 Å². The highest BCUT2D eigenvalue weighted by Crippen LogP contribution is 2.68. The van der Waals surface area contributed by atoms with E-state index in [9.17, 15) is 0 Å². The van der Waals surface area contributed by atoms with Gasteiger partial charge in [0.1, 0.15) is 18.0 Å². The van der Waals surface area contributed by atoms with E-state index in [0.717, 1.165) is 36.7 Å². The number of hydrogen-bond acceptors (Lipinski definition) is 4. The molecule has 2 N–H and O–H groups in total. The van der Waals surface area contributed by atoms with E-state index >= 15 is 0 Å². The van der Waals surface area contributed by atoms with Crippen molar-refractivity contribution in [2.24, 2.45) is 16.7 Å². The SMILES string of the molecule is CCCNc1ncnc(NCC2C(C)(C)C2(C)C)c1C. The molecule has 1 aromatic heterocycles. The van der Waals surface area contributed by atoms with Crippen molar-refractivity contribution in [1.82, 2.24) is 9.97 Å². The summed E-state index contributed by atoms with van der Waals surface area (Å²) in [6.07, 6.45) is 2.73. The highest BCUT2D eigenvalue weighted by Gasteiger charge is 2.64. The van der Waals surface area contributed by atoms with Gasteiger partial charge in [-0.2, -0.15) is 0 Å². The Hall–Kier alpha value is -1.32. The van der Waals surface area contributed by atoms with Crippen LogP contribution in [-0.4, -0.2) is 23.1 Å². The average molecular weight is 276 g/mol. The molecule has 20 heavy (non-hydrogen) atoms. The molecule has 0 atom stereocenters. The van der Waals surface area contributed by atoms with Gasteiger partial charge < -0.3 is 10.6 Å². The van der Waals surface area contributed by atoms with Gasteiger partial charge in [-0.05, 0) is 30.1 Å². The van der Waals surface area contributed by atoms with Crippen molar-refractivity contribution in [2.75, 3.05) is 23.7 Å². The van der Waals surface area contributed by atoms with E-state index in [1.54, 1.807) is 6.33 Å². The Labute approximate surface area is 122 Å². The zero-order valence-electron chi connectivity index (χ0n) is 13.7. The third kappa shape index (κ3) is 2.48. The summed E-state index contributed by atoms with van der Waals surface area (Å²) >= 11 is 0. The molecule has 1 aliphatic carbocycles. The van der Waals surface area contributed by atoms with Crippen LogP contribution in [0.2, 0.25) is 0 Å². The Kier molecular flexibility index (Phi) is 3.94. The van der Waals surface area contributed by atoms with Crippen LogP contribution in [0.4, 0.5) is 11.6 Å². The molecule has 0 spiro atoms. The molecule has 0 radical (unpaired) electrons. The van der Waals surface area contributed by atoms with E-state index in [2.05, 4.69) is 62.1 Å². The maximum absolute atomic E-state index is 4.38. The van der Waals surface area contributed by atoms with Crippen molar-refractivity contribution in [3.05, 3.63) is 11.9 Å². The Morgan fingerprint density at radius 3 is 2.10 bits per heavy atom. The van der Waals surface area contributed by atoms with Crippen LogP contribution in [0, 0.1) is 23.7 Å². The molecule has 1 aromatic rings. The first-order valence-electron chi connectivity index (χ1n) is 7.61. The minimum atomic E-state index is 0.407. The molecule has 0 aliphatic heterocycles. The largest absolute Gasteiger partial charge is 0.370 e. The van der Waals surface area contributed by atoms with Gasteiger partial charge in [-0.3, -0.25) is 0 Å². The summed E-state index contributed by atoms with van der Waals surface area (Å²) in [5.74, 6) is 2.59. The maximum Gasteiger partial charge on any atom is 0.134 e. The fourth-order valence-electron chi connectivity index (χ4n) is 3.09. The van der Waals surface area contributed by atoms with E-state index in [4.69, 9.17) is 0 Å². The van der Waals surface area contributed by atoms with Crippen LogP contribution in [0.15, 0.2) is 6.33 Å². The van der Waals surface area contributed by atoms with Crippen LogP contribution in [0.25, 0.3) is 0 Å². The van der Waals surface area contributed by atoms with E-state index in [1.165, 1.54) is 0 Å². The highest BCUT2D eigenvalue weighted by molar-refractivity contribution is 5.56. The second kappa shape index (κ2) is 5.23. The van der Waals surface area contributed by atoms with E-state index in [-0.39, 0.29) is 0 Å². The van der Waals surface area contributed by atoms with Gasteiger partial charge in [0.15, 0.2) is 0 Å². The van der Waals surface area contributed by atoms with Crippen molar-refractivity contribution in [1.29, 1.82) is 0 Å². The van der Waals surface area contributed by atoms with Crippen LogP contribution >= 0.6 is 0 Å². The smallest absolute Gasteiger partial charge is 0.134 e. The summed E-state index contributed by atoms with van der Waals surface area (Å²) in [7, 11) is 0. The Bertz CT molecular complexity index is 465. The summed E-state index contributed by atoms with van der Waals surface area (Å²) in [6.45, 7) is 15.5. The fraction of sp³-hybridized carbons (Fsp3) is 0.750. The molecular formula is C16H28N4. The summed E-state index contributed by atoms with van der Waals surface area (Å²) in [6, 6.07) is 0. The second-order valence-corrected chi connectivity index (χ2v) is 7.00. The fourth-order valence-corrected chi connectivity index (χ4v) is 3.09. The van der Waals surface area contributed by atoms with Crippen LogP contribution in [0.5, 0.6) is 0 Å². The minimum Gasteiger partial charge on any atom is -0.370 e. The van der Waals surface area contributed by atoms with E-state index in [0.29, 0.717) is 16.7 Å². The minimum absolute atomic E-state index is 0.407. The molecule has 0 bridgehead atoms. The molecule has 4 heteroatoms. The molecule has 0 aromatic carbocycles. The normalized spacial score (nSPS) is 19.7. The van der Waals surface area contributed by atoms with Crippen molar-refractivity contribution in [2.45, 2.75) is 48.0 Å². The molecular weight excluding hydrogens is 248 g/mol. The lowest BCUT2D eigenvalue weighted by molar-refractivity contribution is 0.457. The monoisotopic (exact) mass is 276 g/mol. The van der Waals surface area contributed by atoms with Crippen molar-refractivity contribution in [3.8, 4) is 0 Å². The van der Waals surface area contributed by atoms with Crippen LogP contribution < -0.4 is 10.6 Å². The molecule has 0 unspecified atom stereocenters. The Balaban J connectivity index is 2.01. The molecule has 1 heterocycles. The number of anilines is 2. The first-order valence-corrected chi connectivity index (χ1v) is 7.61. The molecule has 4 nitrogen and oxygen atoms in total. The zero-order chi connectivity index (χ0) is 15.0. The van der Waals surface area contributed by atoms with Crippen LogP contribution in [0.3, 0.4) is 0 Å². The van der Waals surface area contributed by atoms with Crippen molar-refractivity contribution < 1.29 is 0 Å². The quantitative estimate of drug-likeness (QED) is 0.832. The average Bonchev–Trinajstić information content (AvgIpc) is 2.77.